The highest BCUT2D eigenvalue weighted by atomic mass is 35.5. The molecule has 1 saturated carbocycles. The predicted octanol–water partition coefficient (Wildman–Crippen LogP) is 2.66. The molecule has 0 bridgehead atoms. The van der Waals surface area contributed by atoms with E-state index in [0.717, 1.165) is 48.4 Å². The van der Waals surface area contributed by atoms with Gasteiger partial charge >= 0.3 is 0 Å². The molecule has 4 heteroatoms. The molecule has 3 nitrogen and oxygen atoms in total. The van der Waals surface area contributed by atoms with Gasteiger partial charge in [-0.25, -0.2) is 0 Å². The van der Waals surface area contributed by atoms with Gasteiger partial charge in [-0.2, -0.15) is 0 Å². The summed E-state index contributed by atoms with van der Waals surface area (Å²) in [5.74, 6) is 0.837. The summed E-state index contributed by atoms with van der Waals surface area (Å²) in [7, 11) is 2.09. The Bertz CT molecular complexity index is 407. The number of nitrogens with two attached hydrogens (primary N) is 1. The molecule has 0 radical (unpaired) electrons. The number of halogens is 1. The maximum absolute atomic E-state index is 6.25. The number of ether oxygens (including phenoxy) is 1. The van der Waals surface area contributed by atoms with Crippen molar-refractivity contribution in [1.29, 1.82) is 0 Å². The van der Waals surface area contributed by atoms with Crippen LogP contribution in [-0.4, -0.2) is 31.7 Å². The molecule has 0 atom stereocenters. The number of hydrogen-bond acceptors (Lipinski definition) is 3. The van der Waals surface area contributed by atoms with Crippen molar-refractivity contribution < 1.29 is 4.74 Å². The zero-order chi connectivity index (χ0) is 13.7. The number of benzene rings is 1. The molecule has 1 aromatic carbocycles. The Morgan fingerprint density at radius 3 is 2.84 bits per heavy atom. The lowest BCUT2D eigenvalue weighted by Gasteiger charge is -2.17. The Labute approximate surface area is 120 Å². The van der Waals surface area contributed by atoms with Gasteiger partial charge in [0.15, 0.2) is 0 Å². The smallest absolute Gasteiger partial charge is 0.0593 e. The Balaban J connectivity index is 1.72. The number of rotatable bonds is 8. The van der Waals surface area contributed by atoms with E-state index in [1.54, 1.807) is 0 Å². The quantitative estimate of drug-likeness (QED) is 0.745. The van der Waals surface area contributed by atoms with Gasteiger partial charge in [0.1, 0.15) is 0 Å². The predicted molar refractivity (Wildman–Crippen MR) is 79.2 cm³/mol. The minimum Gasteiger partial charge on any atom is -0.380 e. The van der Waals surface area contributed by atoms with Crippen LogP contribution >= 0.6 is 11.6 Å². The molecule has 0 aromatic heterocycles. The van der Waals surface area contributed by atoms with E-state index < -0.39 is 0 Å². The third-order valence-corrected chi connectivity index (χ3v) is 3.81. The van der Waals surface area contributed by atoms with Gasteiger partial charge < -0.3 is 10.5 Å². The minimum atomic E-state index is 0.533. The molecule has 1 aliphatic rings. The second-order valence-electron chi connectivity index (χ2n) is 5.39. The first-order valence-corrected chi connectivity index (χ1v) is 7.30. The van der Waals surface area contributed by atoms with Crippen molar-refractivity contribution in [3.63, 3.8) is 0 Å². The van der Waals surface area contributed by atoms with Gasteiger partial charge in [0, 0.05) is 31.3 Å². The zero-order valence-electron chi connectivity index (χ0n) is 11.6. The maximum Gasteiger partial charge on any atom is 0.0593 e. The van der Waals surface area contributed by atoms with E-state index in [9.17, 15) is 0 Å². The highest BCUT2D eigenvalue weighted by Crippen LogP contribution is 2.28. The second-order valence-corrected chi connectivity index (χ2v) is 5.79. The second kappa shape index (κ2) is 7.25. The van der Waals surface area contributed by atoms with Crippen LogP contribution in [0.2, 0.25) is 5.02 Å². The molecule has 19 heavy (non-hydrogen) atoms. The van der Waals surface area contributed by atoms with Crippen molar-refractivity contribution >= 4 is 11.6 Å². The topological polar surface area (TPSA) is 38.5 Å². The standard InChI is InChI=1S/C15H23ClN2O/c1-18(6-7-19-11-12-2-3-12)10-14-5-4-13(9-17)8-15(14)16/h4-5,8,12H,2-3,6-7,9-11,17H2,1H3. The van der Waals surface area contributed by atoms with Crippen molar-refractivity contribution in [3.05, 3.63) is 34.3 Å². The van der Waals surface area contributed by atoms with Crippen LogP contribution < -0.4 is 5.73 Å². The average Bonchev–Trinajstić information content (AvgIpc) is 3.21. The molecule has 0 spiro atoms. The van der Waals surface area contributed by atoms with E-state index in [2.05, 4.69) is 18.0 Å². The fraction of sp³-hybridized carbons (Fsp3) is 0.600. The van der Waals surface area contributed by atoms with Crippen molar-refractivity contribution in [2.24, 2.45) is 11.7 Å². The van der Waals surface area contributed by atoms with Crippen LogP contribution in [0.3, 0.4) is 0 Å². The molecule has 0 saturated heterocycles. The Morgan fingerprint density at radius 1 is 1.42 bits per heavy atom. The van der Waals surface area contributed by atoms with Crippen LogP contribution in [0.4, 0.5) is 0 Å². The first kappa shape index (κ1) is 14.8. The van der Waals surface area contributed by atoms with E-state index in [1.165, 1.54) is 12.8 Å². The fourth-order valence-electron chi connectivity index (χ4n) is 1.97. The van der Waals surface area contributed by atoms with Crippen LogP contribution in [0, 0.1) is 5.92 Å². The summed E-state index contributed by atoms with van der Waals surface area (Å²) < 4.78 is 5.64. The summed E-state index contributed by atoms with van der Waals surface area (Å²) in [5, 5.41) is 0.800. The first-order valence-electron chi connectivity index (χ1n) is 6.92. The molecule has 1 aliphatic carbocycles. The molecule has 0 aliphatic heterocycles. The molecule has 1 aromatic rings. The molecule has 1 fully saturated rings. The lowest BCUT2D eigenvalue weighted by Crippen LogP contribution is -2.23. The Hall–Kier alpha value is -0.610. The molecular weight excluding hydrogens is 260 g/mol. The summed E-state index contributed by atoms with van der Waals surface area (Å²) in [6.45, 7) is 4.04. The lowest BCUT2D eigenvalue weighted by molar-refractivity contribution is 0.102. The normalized spacial score (nSPS) is 15.2. The third kappa shape index (κ3) is 5.11. The van der Waals surface area contributed by atoms with Crippen molar-refractivity contribution in [3.8, 4) is 0 Å². The van der Waals surface area contributed by atoms with E-state index >= 15 is 0 Å². The molecule has 106 valence electrons. The van der Waals surface area contributed by atoms with Crippen LogP contribution in [-0.2, 0) is 17.8 Å². The van der Waals surface area contributed by atoms with Gasteiger partial charge in [-0.3, -0.25) is 4.90 Å². The fourth-order valence-corrected chi connectivity index (χ4v) is 2.23. The molecule has 2 N–H and O–H groups in total. The van der Waals surface area contributed by atoms with Crippen molar-refractivity contribution in [2.45, 2.75) is 25.9 Å². The highest BCUT2D eigenvalue weighted by Gasteiger charge is 2.20. The number of nitrogens with zero attached hydrogens (tertiary/aromatic N) is 1. The van der Waals surface area contributed by atoms with Gasteiger partial charge in [-0.15, -0.1) is 0 Å². The van der Waals surface area contributed by atoms with Crippen molar-refractivity contribution in [2.75, 3.05) is 26.8 Å². The van der Waals surface area contributed by atoms with Crippen molar-refractivity contribution in [1.82, 2.24) is 4.90 Å². The summed E-state index contributed by atoms with van der Waals surface area (Å²) in [6.07, 6.45) is 2.69. The van der Waals surface area contributed by atoms with E-state index in [4.69, 9.17) is 22.1 Å². The minimum absolute atomic E-state index is 0.533. The van der Waals surface area contributed by atoms with E-state index in [-0.39, 0.29) is 0 Å². The molecule has 0 amide bonds. The van der Waals surface area contributed by atoms with Gasteiger partial charge in [0.05, 0.1) is 6.61 Å². The van der Waals surface area contributed by atoms with Crippen LogP contribution in [0.15, 0.2) is 18.2 Å². The highest BCUT2D eigenvalue weighted by molar-refractivity contribution is 6.31. The summed E-state index contributed by atoms with van der Waals surface area (Å²) >= 11 is 6.25. The third-order valence-electron chi connectivity index (χ3n) is 3.46. The van der Waals surface area contributed by atoms with Gasteiger partial charge in [-0.1, -0.05) is 23.7 Å². The molecule has 0 unspecified atom stereocenters. The summed E-state index contributed by atoms with van der Waals surface area (Å²) in [4.78, 5) is 2.23. The van der Waals surface area contributed by atoms with Gasteiger partial charge in [0.25, 0.3) is 0 Å². The van der Waals surface area contributed by atoms with Crippen LogP contribution in [0.5, 0.6) is 0 Å². The van der Waals surface area contributed by atoms with Gasteiger partial charge in [0.2, 0.25) is 0 Å². The van der Waals surface area contributed by atoms with E-state index in [0.29, 0.717) is 6.54 Å². The molecule has 2 rings (SSSR count). The SMILES string of the molecule is CN(CCOCC1CC1)Cc1ccc(CN)cc1Cl. The number of likely N-dealkylation sites (N-methyl/N-ethyl adjacent to an activating group) is 1. The lowest BCUT2D eigenvalue weighted by atomic mass is 10.1. The Morgan fingerprint density at radius 2 is 2.21 bits per heavy atom. The Kier molecular flexibility index (Phi) is 5.64. The average molecular weight is 283 g/mol. The summed E-state index contributed by atoms with van der Waals surface area (Å²) in [5.41, 5.74) is 7.81. The largest absolute Gasteiger partial charge is 0.380 e. The summed E-state index contributed by atoms with van der Waals surface area (Å²) in [6, 6.07) is 6.05. The maximum atomic E-state index is 6.25. The monoisotopic (exact) mass is 282 g/mol. The first-order chi connectivity index (χ1) is 9.19. The van der Waals surface area contributed by atoms with Crippen LogP contribution in [0.25, 0.3) is 0 Å². The van der Waals surface area contributed by atoms with Gasteiger partial charge in [-0.05, 0) is 43.0 Å². The molecule has 0 heterocycles. The van der Waals surface area contributed by atoms with Crippen LogP contribution in [0.1, 0.15) is 24.0 Å². The van der Waals surface area contributed by atoms with E-state index in [1.807, 2.05) is 12.1 Å². The zero-order valence-corrected chi connectivity index (χ0v) is 12.3. The molecular formula is C15H23ClN2O. The number of hydrogen-bond donors (Lipinski definition) is 1.